The van der Waals surface area contributed by atoms with Crippen molar-refractivity contribution in [3.63, 3.8) is 0 Å². The molecule has 2 atom stereocenters. The van der Waals surface area contributed by atoms with Crippen LogP contribution in [0, 0.1) is 5.92 Å². The Morgan fingerprint density at radius 2 is 1.92 bits per heavy atom. The summed E-state index contributed by atoms with van der Waals surface area (Å²) in [6.45, 7) is 2.11. The molecule has 1 saturated heterocycles. The molecule has 5 heteroatoms. The molecular formula is C19H27N3O2. The van der Waals surface area contributed by atoms with E-state index in [1.165, 1.54) is 6.42 Å². The molecule has 0 aromatic heterocycles. The third-order valence-corrected chi connectivity index (χ3v) is 5.29. The van der Waals surface area contributed by atoms with E-state index in [-0.39, 0.29) is 17.9 Å². The van der Waals surface area contributed by atoms with E-state index in [1.807, 2.05) is 29.2 Å². The Labute approximate surface area is 143 Å². The molecule has 2 aliphatic rings. The Morgan fingerprint density at radius 3 is 2.58 bits per heavy atom. The number of carbonyl (C=O) groups is 2. The molecule has 1 saturated carbocycles. The van der Waals surface area contributed by atoms with Gasteiger partial charge in [0.2, 0.25) is 5.91 Å². The van der Waals surface area contributed by atoms with Crippen LogP contribution >= 0.6 is 0 Å². The minimum absolute atomic E-state index is 0.0239. The van der Waals surface area contributed by atoms with Crippen LogP contribution in [-0.4, -0.2) is 35.8 Å². The van der Waals surface area contributed by atoms with Gasteiger partial charge in [-0.25, -0.2) is 0 Å². The van der Waals surface area contributed by atoms with Crippen LogP contribution < -0.4 is 11.1 Å². The zero-order valence-corrected chi connectivity index (χ0v) is 14.2. The van der Waals surface area contributed by atoms with Gasteiger partial charge in [0.05, 0.1) is 0 Å². The summed E-state index contributed by atoms with van der Waals surface area (Å²) < 4.78 is 0. The van der Waals surface area contributed by atoms with Crippen molar-refractivity contribution in [3.8, 4) is 0 Å². The van der Waals surface area contributed by atoms with Gasteiger partial charge in [0.25, 0.3) is 5.91 Å². The lowest BCUT2D eigenvalue weighted by Gasteiger charge is -2.31. The summed E-state index contributed by atoms with van der Waals surface area (Å²) in [5.41, 5.74) is 7.58. The van der Waals surface area contributed by atoms with Crippen molar-refractivity contribution in [2.24, 2.45) is 11.7 Å². The van der Waals surface area contributed by atoms with E-state index in [0.29, 0.717) is 31.0 Å². The third-order valence-electron chi connectivity index (χ3n) is 5.29. The largest absolute Gasteiger partial charge is 0.349 e. The second-order valence-corrected chi connectivity index (χ2v) is 6.98. The summed E-state index contributed by atoms with van der Waals surface area (Å²) in [5.74, 6) is 0.592. The Kier molecular flexibility index (Phi) is 5.51. The Hall–Kier alpha value is -1.88. The lowest BCUT2D eigenvalue weighted by molar-refractivity contribution is -0.128. The molecule has 3 N–H and O–H groups in total. The quantitative estimate of drug-likeness (QED) is 0.868. The van der Waals surface area contributed by atoms with Crippen LogP contribution in [0.1, 0.15) is 54.4 Å². The van der Waals surface area contributed by atoms with E-state index in [1.54, 1.807) is 0 Å². The fourth-order valence-electron chi connectivity index (χ4n) is 3.78. The summed E-state index contributed by atoms with van der Waals surface area (Å²) in [6, 6.07) is 7.79. The number of nitrogens with two attached hydrogens (primary N) is 1. The van der Waals surface area contributed by atoms with E-state index in [2.05, 4.69) is 5.32 Å². The molecule has 1 aromatic carbocycles. The van der Waals surface area contributed by atoms with Gasteiger partial charge in [-0.2, -0.15) is 0 Å². The smallest absolute Gasteiger partial charge is 0.251 e. The lowest BCUT2D eigenvalue weighted by Crippen LogP contribution is -2.44. The predicted molar refractivity (Wildman–Crippen MR) is 93.4 cm³/mol. The van der Waals surface area contributed by atoms with E-state index in [0.717, 1.165) is 37.8 Å². The maximum atomic E-state index is 12.5. The maximum Gasteiger partial charge on any atom is 0.251 e. The van der Waals surface area contributed by atoms with Gasteiger partial charge in [0.1, 0.15) is 0 Å². The molecule has 0 radical (unpaired) electrons. The number of hydrogen-bond donors (Lipinski definition) is 2. The highest BCUT2D eigenvalue weighted by atomic mass is 16.2. The van der Waals surface area contributed by atoms with Gasteiger partial charge in [-0.1, -0.05) is 25.0 Å². The molecule has 5 nitrogen and oxygen atoms in total. The van der Waals surface area contributed by atoms with Crippen LogP contribution in [0.3, 0.4) is 0 Å². The number of benzene rings is 1. The first-order chi connectivity index (χ1) is 11.7. The molecule has 1 heterocycles. The molecule has 24 heavy (non-hydrogen) atoms. The molecule has 2 fully saturated rings. The molecule has 0 bridgehead atoms. The zero-order valence-electron chi connectivity index (χ0n) is 14.2. The normalized spacial score (nSPS) is 24.2. The van der Waals surface area contributed by atoms with Gasteiger partial charge < -0.3 is 16.0 Å². The molecule has 130 valence electrons. The minimum Gasteiger partial charge on any atom is -0.349 e. The van der Waals surface area contributed by atoms with Crippen molar-refractivity contribution in [1.29, 1.82) is 0 Å². The predicted octanol–water partition coefficient (Wildman–Crippen LogP) is 2.06. The van der Waals surface area contributed by atoms with Crippen molar-refractivity contribution in [2.75, 3.05) is 13.1 Å². The average Bonchev–Trinajstić information content (AvgIpc) is 3.01. The highest BCUT2D eigenvalue weighted by Crippen LogP contribution is 2.24. The van der Waals surface area contributed by atoms with Crippen LogP contribution in [0.4, 0.5) is 0 Å². The molecule has 2 amide bonds. The first kappa shape index (κ1) is 17.0. The Balaban J connectivity index is 1.58. The molecule has 1 aliphatic carbocycles. The Bertz CT molecular complexity index is 585. The number of nitrogens with zero attached hydrogens (tertiary/aromatic N) is 1. The standard InChI is InChI=1S/C19H27N3O2/c20-12-16-4-1-2-5-17(16)21-19(24)15-9-7-14(8-10-15)13-22-11-3-6-18(22)23/h7-10,16-17H,1-6,11-13,20H2,(H,21,24). The molecule has 2 unspecified atom stereocenters. The van der Waals surface area contributed by atoms with Gasteiger partial charge in [-0.3, -0.25) is 9.59 Å². The summed E-state index contributed by atoms with van der Waals surface area (Å²) >= 11 is 0. The van der Waals surface area contributed by atoms with Gasteiger partial charge in [0, 0.05) is 31.1 Å². The monoisotopic (exact) mass is 329 g/mol. The number of likely N-dealkylation sites (tertiary alicyclic amines) is 1. The van der Waals surface area contributed by atoms with Crippen LogP contribution in [0.25, 0.3) is 0 Å². The number of rotatable bonds is 5. The van der Waals surface area contributed by atoms with Crippen LogP contribution in [0.15, 0.2) is 24.3 Å². The van der Waals surface area contributed by atoms with Crippen LogP contribution in [0.5, 0.6) is 0 Å². The topological polar surface area (TPSA) is 75.4 Å². The minimum atomic E-state index is -0.0239. The van der Waals surface area contributed by atoms with Crippen molar-refractivity contribution in [3.05, 3.63) is 35.4 Å². The van der Waals surface area contributed by atoms with Crippen molar-refractivity contribution in [2.45, 2.75) is 51.1 Å². The lowest BCUT2D eigenvalue weighted by atomic mass is 9.84. The second-order valence-electron chi connectivity index (χ2n) is 6.98. The highest BCUT2D eigenvalue weighted by molar-refractivity contribution is 5.94. The number of hydrogen-bond acceptors (Lipinski definition) is 3. The summed E-state index contributed by atoms with van der Waals surface area (Å²) in [5, 5.41) is 3.15. The molecule has 0 spiro atoms. The van der Waals surface area contributed by atoms with Crippen molar-refractivity contribution in [1.82, 2.24) is 10.2 Å². The van der Waals surface area contributed by atoms with E-state index in [9.17, 15) is 9.59 Å². The first-order valence-corrected chi connectivity index (χ1v) is 9.05. The van der Waals surface area contributed by atoms with Crippen molar-refractivity contribution < 1.29 is 9.59 Å². The van der Waals surface area contributed by atoms with Crippen LogP contribution in [0.2, 0.25) is 0 Å². The first-order valence-electron chi connectivity index (χ1n) is 9.05. The summed E-state index contributed by atoms with van der Waals surface area (Å²) in [6.07, 6.45) is 6.09. The fourth-order valence-corrected chi connectivity index (χ4v) is 3.78. The second kappa shape index (κ2) is 7.79. The number of carbonyl (C=O) groups excluding carboxylic acids is 2. The van der Waals surface area contributed by atoms with Gasteiger partial charge >= 0.3 is 0 Å². The van der Waals surface area contributed by atoms with Gasteiger partial charge in [-0.05, 0) is 49.4 Å². The van der Waals surface area contributed by atoms with E-state index in [4.69, 9.17) is 5.73 Å². The zero-order chi connectivity index (χ0) is 16.9. The summed E-state index contributed by atoms with van der Waals surface area (Å²) in [4.78, 5) is 26.0. The van der Waals surface area contributed by atoms with E-state index >= 15 is 0 Å². The van der Waals surface area contributed by atoms with Gasteiger partial charge in [0.15, 0.2) is 0 Å². The number of nitrogens with one attached hydrogen (secondary N) is 1. The average molecular weight is 329 g/mol. The molecular weight excluding hydrogens is 302 g/mol. The third kappa shape index (κ3) is 3.96. The molecule has 3 rings (SSSR count). The molecule has 1 aliphatic heterocycles. The maximum absolute atomic E-state index is 12.5. The van der Waals surface area contributed by atoms with E-state index < -0.39 is 0 Å². The summed E-state index contributed by atoms with van der Waals surface area (Å²) in [7, 11) is 0. The van der Waals surface area contributed by atoms with Gasteiger partial charge in [-0.15, -0.1) is 0 Å². The molecule has 1 aromatic rings. The SMILES string of the molecule is NCC1CCCCC1NC(=O)c1ccc(CN2CCCC2=O)cc1. The Morgan fingerprint density at radius 1 is 1.17 bits per heavy atom. The fraction of sp³-hybridized carbons (Fsp3) is 0.579. The van der Waals surface area contributed by atoms with Crippen LogP contribution in [-0.2, 0) is 11.3 Å². The number of amides is 2. The van der Waals surface area contributed by atoms with Crippen molar-refractivity contribution >= 4 is 11.8 Å². The highest BCUT2D eigenvalue weighted by Gasteiger charge is 2.25.